The minimum absolute atomic E-state index is 0.0417. The Morgan fingerprint density at radius 2 is 1.80 bits per heavy atom. The molecule has 0 N–H and O–H groups in total. The first-order chi connectivity index (χ1) is 16.7. The van der Waals surface area contributed by atoms with Gasteiger partial charge < -0.3 is 9.80 Å². The summed E-state index contributed by atoms with van der Waals surface area (Å²) >= 11 is 1.72. The molecule has 2 aromatic carbocycles. The Morgan fingerprint density at radius 3 is 2.43 bits per heavy atom. The molecule has 4 nitrogen and oxygen atoms in total. The van der Waals surface area contributed by atoms with Crippen LogP contribution in [0.15, 0.2) is 72.6 Å². The van der Waals surface area contributed by atoms with E-state index in [1.807, 2.05) is 4.90 Å². The summed E-state index contributed by atoms with van der Waals surface area (Å²) in [6.07, 6.45) is 2.40. The van der Waals surface area contributed by atoms with Crippen molar-refractivity contribution < 1.29 is 14.0 Å². The Balaban J connectivity index is 1.62. The zero-order chi connectivity index (χ0) is 25.2. The molecular weight excluding hydrogens is 459 g/mol. The van der Waals surface area contributed by atoms with E-state index in [0.29, 0.717) is 12.1 Å². The van der Waals surface area contributed by atoms with Crippen molar-refractivity contribution in [3.05, 3.63) is 106 Å². The Kier molecular flexibility index (Phi) is 7.22. The number of halogens is 1. The van der Waals surface area contributed by atoms with Crippen molar-refractivity contribution in [1.29, 1.82) is 0 Å². The molecule has 4 rings (SSSR count). The lowest BCUT2D eigenvalue weighted by Crippen LogP contribution is -2.46. The average Bonchev–Trinajstić information content (AvgIpc) is 3.31. The first-order valence-corrected chi connectivity index (χ1v) is 12.7. The van der Waals surface area contributed by atoms with Crippen molar-refractivity contribution in [1.82, 2.24) is 9.80 Å². The van der Waals surface area contributed by atoms with Gasteiger partial charge in [0.2, 0.25) is 5.91 Å². The summed E-state index contributed by atoms with van der Waals surface area (Å²) in [5, 5.41) is 2.08. The molecule has 1 unspecified atom stereocenters. The van der Waals surface area contributed by atoms with Gasteiger partial charge in [-0.3, -0.25) is 9.59 Å². The minimum Gasteiger partial charge on any atom is -0.330 e. The number of nitrogens with zero attached hydrogens (tertiary/aromatic N) is 2. The van der Waals surface area contributed by atoms with Gasteiger partial charge in [-0.15, -0.1) is 17.9 Å². The second kappa shape index (κ2) is 10.2. The molecule has 182 valence electrons. The van der Waals surface area contributed by atoms with Crippen molar-refractivity contribution >= 4 is 23.2 Å². The number of carbonyl (C=O) groups is 2. The monoisotopic (exact) mass is 490 g/mol. The standard InChI is InChI=1S/C29H31FN2O2S/c1-5-16-31(28(34)21-8-12-23(30)13-9-21)19-26(33)32-17-14-25-24(15-18-35-25)27(32)20-6-10-22(11-7-20)29(2,3)4/h5-13,15,18,27H,1,14,16-17,19H2,2-4H3. The number of carbonyl (C=O) groups excluding carboxylic acids is 2. The van der Waals surface area contributed by atoms with E-state index in [2.05, 4.69) is 63.1 Å². The van der Waals surface area contributed by atoms with Crippen LogP contribution in [0.25, 0.3) is 0 Å². The maximum Gasteiger partial charge on any atom is 0.254 e. The van der Waals surface area contributed by atoms with Crippen LogP contribution in [0.1, 0.15) is 58.7 Å². The van der Waals surface area contributed by atoms with Gasteiger partial charge in [0.1, 0.15) is 12.4 Å². The predicted octanol–water partition coefficient (Wildman–Crippen LogP) is 5.99. The average molecular weight is 491 g/mol. The zero-order valence-electron chi connectivity index (χ0n) is 20.5. The normalized spacial score (nSPS) is 15.4. The first-order valence-electron chi connectivity index (χ1n) is 11.8. The highest BCUT2D eigenvalue weighted by Gasteiger charge is 2.34. The molecule has 2 heterocycles. The molecule has 2 amide bonds. The first kappa shape index (κ1) is 24.9. The van der Waals surface area contributed by atoms with Gasteiger partial charge in [0.15, 0.2) is 0 Å². The molecule has 1 aliphatic rings. The van der Waals surface area contributed by atoms with E-state index in [1.54, 1.807) is 17.4 Å². The number of thiophene rings is 1. The second-order valence-corrected chi connectivity index (χ2v) is 10.9. The van der Waals surface area contributed by atoms with E-state index < -0.39 is 5.82 Å². The van der Waals surface area contributed by atoms with Crippen LogP contribution in [-0.2, 0) is 16.6 Å². The van der Waals surface area contributed by atoms with Gasteiger partial charge in [-0.2, -0.15) is 0 Å². The fourth-order valence-corrected chi connectivity index (χ4v) is 5.42. The number of amides is 2. The second-order valence-electron chi connectivity index (χ2n) is 9.89. The minimum atomic E-state index is -0.409. The number of rotatable bonds is 6. The summed E-state index contributed by atoms with van der Waals surface area (Å²) in [6, 6.07) is 15.8. The molecule has 0 spiro atoms. The fourth-order valence-electron chi connectivity index (χ4n) is 4.51. The third kappa shape index (κ3) is 5.38. The number of hydrogen-bond acceptors (Lipinski definition) is 3. The van der Waals surface area contributed by atoms with Crippen LogP contribution in [0.5, 0.6) is 0 Å². The van der Waals surface area contributed by atoms with Gasteiger partial charge in [0.25, 0.3) is 5.91 Å². The predicted molar refractivity (Wildman–Crippen MR) is 139 cm³/mol. The highest BCUT2D eigenvalue weighted by Crippen LogP contribution is 2.38. The van der Waals surface area contributed by atoms with Crippen LogP contribution in [0, 0.1) is 5.82 Å². The highest BCUT2D eigenvalue weighted by atomic mass is 32.1. The third-order valence-electron chi connectivity index (χ3n) is 6.43. The SMILES string of the molecule is C=CCN(CC(=O)N1CCc2sccc2C1c1ccc(C(C)(C)C)cc1)C(=O)c1ccc(F)cc1. The summed E-state index contributed by atoms with van der Waals surface area (Å²) in [5.74, 6) is -0.852. The zero-order valence-corrected chi connectivity index (χ0v) is 21.3. The van der Waals surface area contributed by atoms with Crippen molar-refractivity contribution in [2.45, 2.75) is 38.6 Å². The molecule has 0 radical (unpaired) electrons. The highest BCUT2D eigenvalue weighted by molar-refractivity contribution is 7.10. The van der Waals surface area contributed by atoms with Crippen LogP contribution in [0.3, 0.4) is 0 Å². The molecule has 0 fully saturated rings. The molecule has 1 aromatic heterocycles. The van der Waals surface area contributed by atoms with Crippen LogP contribution in [0.2, 0.25) is 0 Å². The molecular formula is C29H31FN2O2S. The van der Waals surface area contributed by atoms with Gasteiger partial charge in [-0.1, -0.05) is 51.1 Å². The molecule has 0 saturated carbocycles. The largest absolute Gasteiger partial charge is 0.330 e. The van der Waals surface area contributed by atoms with E-state index in [-0.39, 0.29) is 36.4 Å². The molecule has 0 bridgehead atoms. The Morgan fingerprint density at radius 1 is 1.11 bits per heavy atom. The lowest BCUT2D eigenvalue weighted by Gasteiger charge is -2.37. The molecule has 35 heavy (non-hydrogen) atoms. The topological polar surface area (TPSA) is 40.6 Å². The quantitative estimate of drug-likeness (QED) is 0.399. The van der Waals surface area contributed by atoms with Gasteiger partial charge in [0, 0.05) is 23.5 Å². The van der Waals surface area contributed by atoms with E-state index in [0.717, 1.165) is 17.5 Å². The van der Waals surface area contributed by atoms with E-state index in [1.165, 1.54) is 39.6 Å². The van der Waals surface area contributed by atoms with Gasteiger partial charge in [0.05, 0.1) is 6.04 Å². The van der Waals surface area contributed by atoms with E-state index >= 15 is 0 Å². The van der Waals surface area contributed by atoms with Crippen LogP contribution >= 0.6 is 11.3 Å². The third-order valence-corrected chi connectivity index (χ3v) is 7.43. The summed E-state index contributed by atoms with van der Waals surface area (Å²) in [7, 11) is 0. The molecule has 6 heteroatoms. The summed E-state index contributed by atoms with van der Waals surface area (Å²) in [4.78, 5) is 31.4. The smallest absolute Gasteiger partial charge is 0.254 e. The summed E-state index contributed by atoms with van der Waals surface area (Å²) < 4.78 is 13.3. The molecule has 1 atom stereocenters. The van der Waals surface area contributed by atoms with E-state index in [4.69, 9.17) is 0 Å². The van der Waals surface area contributed by atoms with Gasteiger partial charge in [-0.25, -0.2) is 4.39 Å². The van der Waals surface area contributed by atoms with Crippen LogP contribution < -0.4 is 0 Å². The maximum absolute atomic E-state index is 13.7. The molecule has 0 aliphatic carbocycles. The van der Waals surface area contributed by atoms with Crippen LogP contribution in [0.4, 0.5) is 4.39 Å². The van der Waals surface area contributed by atoms with Gasteiger partial charge in [-0.05, 0) is 64.2 Å². The summed E-state index contributed by atoms with van der Waals surface area (Å²) in [5.41, 5.74) is 3.83. The lowest BCUT2D eigenvalue weighted by molar-refractivity contribution is -0.133. The molecule has 1 aliphatic heterocycles. The Hall–Kier alpha value is -3.25. The van der Waals surface area contributed by atoms with Crippen molar-refractivity contribution in [3.63, 3.8) is 0 Å². The molecule has 0 saturated heterocycles. The Labute approximate surface area is 210 Å². The van der Waals surface area contributed by atoms with Crippen LogP contribution in [-0.4, -0.2) is 41.2 Å². The number of fused-ring (bicyclic) bond motifs is 1. The Bertz CT molecular complexity index is 1210. The summed E-state index contributed by atoms with van der Waals surface area (Å²) in [6.45, 7) is 11.0. The fraction of sp³-hybridized carbons (Fsp3) is 0.310. The van der Waals surface area contributed by atoms with Gasteiger partial charge >= 0.3 is 0 Å². The van der Waals surface area contributed by atoms with Crippen molar-refractivity contribution in [3.8, 4) is 0 Å². The number of hydrogen-bond donors (Lipinski definition) is 0. The van der Waals surface area contributed by atoms with Crippen molar-refractivity contribution in [2.24, 2.45) is 0 Å². The number of benzene rings is 2. The molecule has 3 aromatic rings. The maximum atomic E-state index is 13.7. The van der Waals surface area contributed by atoms with Crippen molar-refractivity contribution in [2.75, 3.05) is 19.6 Å². The lowest BCUT2D eigenvalue weighted by atomic mass is 9.85. The van der Waals surface area contributed by atoms with E-state index in [9.17, 15) is 14.0 Å².